The Labute approximate surface area is 240 Å². The molecule has 1 aliphatic heterocycles. The van der Waals surface area contributed by atoms with E-state index in [2.05, 4.69) is 31.0 Å². The van der Waals surface area contributed by atoms with E-state index in [0.29, 0.717) is 18.9 Å². The zero-order chi connectivity index (χ0) is 26.9. The molecule has 0 saturated carbocycles. The second-order valence-corrected chi connectivity index (χ2v) is 10.4. The zero-order valence-corrected chi connectivity index (χ0v) is 25.0. The Morgan fingerprint density at radius 3 is 2.63 bits per heavy atom. The van der Waals surface area contributed by atoms with Crippen LogP contribution in [0.5, 0.6) is 0 Å². The van der Waals surface area contributed by atoms with Gasteiger partial charge >= 0.3 is 11.9 Å². The number of hydrogen-bond donors (Lipinski definition) is 2. The van der Waals surface area contributed by atoms with Gasteiger partial charge in [-0.15, -0.1) is 0 Å². The molecule has 1 saturated heterocycles. The number of pyridine rings is 1. The summed E-state index contributed by atoms with van der Waals surface area (Å²) in [5, 5.41) is 19.5. The Hall–Kier alpha value is -1.77. The lowest BCUT2D eigenvalue weighted by molar-refractivity contribution is -0.686. The molecule has 0 bridgehead atoms. The van der Waals surface area contributed by atoms with Crippen molar-refractivity contribution in [1.82, 2.24) is 4.90 Å². The Morgan fingerprint density at radius 2 is 1.92 bits per heavy atom. The smallest absolute Gasteiger partial charge is 0.373 e. The molecule has 2 rings (SSSR count). The van der Waals surface area contributed by atoms with Gasteiger partial charge < -0.3 is 31.9 Å². The number of aromatic nitrogens is 1. The van der Waals surface area contributed by atoms with Crippen molar-refractivity contribution >= 4 is 11.9 Å². The zero-order valence-electron chi connectivity index (χ0n) is 23.4. The Bertz CT molecular complexity index is 835. The van der Waals surface area contributed by atoms with Gasteiger partial charge in [-0.1, -0.05) is 51.2 Å². The fourth-order valence-corrected chi connectivity index (χ4v) is 5.02. The van der Waals surface area contributed by atoms with E-state index in [4.69, 9.17) is 9.84 Å². The number of carbonyl (C=O) groups excluding carboxylic acids is 1. The topological polar surface area (TPSA) is 91.0 Å². The monoisotopic (exact) mass is 596 g/mol. The number of nitrogens with zero attached hydrogens (tertiary/aromatic N) is 2. The van der Waals surface area contributed by atoms with Gasteiger partial charge in [0.2, 0.25) is 6.54 Å². The molecule has 7 nitrogen and oxygen atoms in total. The number of allylic oxidation sites excluding steroid dienone is 1. The average Bonchev–Trinajstić information content (AvgIpc) is 3.30. The largest absolute Gasteiger partial charge is 1.00 e. The van der Waals surface area contributed by atoms with Crippen molar-refractivity contribution < 1.29 is 46.1 Å². The van der Waals surface area contributed by atoms with Crippen LogP contribution in [0.4, 0.5) is 0 Å². The van der Waals surface area contributed by atoms with Crippen LogP contribution in [0.3, 0.4) is 0 Å². The molecule has 3 unspecified atom stereocenters. The number of esters is 1. The molecule has 1 aliphatic rings. The SMILES string of the molecule is CCCCCC(OC(=O)C[n+]1cccc(C2CCCN2C)c1)C(O)C/C=C/CCCCCCCC(=O)O.[Br-]. The molecule has 1 aromatic heterocycles. The molecule has 216 valence electrons. The third-order valence-corrected chi connectivity index (χ3v) is 7.21. The van der Waals surface area contributed by atoms with Gasteiger partial charge in [-0.05, 0) is 71.0 Å². The van der Waals surface area contributed by atoms with Crippen LogP contribution >= 0.6 is 0 Å². The number of rotatable bonds is 19. The van der Waals surface area contributed by atoms with E-state index in [1.807, 2.05) is 29.1 Å². The predicted molar refractivity (Wildman–Crippen MR) is 145 cm³/mol. The first kappa shape index (κ1) is 34.3. The van der Waals surface area contributed by atoms with Crippen LogP contribution in [0.2, 0.25) is 0 Å². The van der Waals surface area contributed by atoms with Gasteiger partial charge in [0.25, 0.3) is 0 Å². The van der Waals surface area contributed by atoms with Crippen molar-refractivity contribution in [2.75, 3.05) is 13.6 Å². The van der Waals surface area contributed by atoms with E-state index in [0.717, 1.165) is 70.8 Å². The van der Waals surface area contributed by atoms with E-state index < -0.39 is 18.2 Å². The fourth-order valence-electron chi connectivity index (χ4n) is 5.02. The number of halogens is 1. The van der Waals surface area contributed by atoms with Gasteiger partial charge in [0.05, 0.1) is 6.10 Å². The fraction of sp³-hybridized carbons (Fsp3) is 0.700. The second-order valence-electron chi connectivity index (χ2n) is 10.4. The molecule has 2 heterocycles. The summed E-state index contributed by atoms with van der Waals surface area (Å²) in [4.78, 5) is 25.7. The summed E-state index contributed by atoms with van der Waals surface area (Å²) < 4.78 is 7.69. The molecular weight excluding hydrogens is 548 g/mol. The number of unbranched alkanes of at least 4 members (excludes halogenated alkanes) is 7. The van der Waals surface area contributed by atoms with Crippen molar-refractivity contribution in [1.29, 1.82) is 0 Å². The molecule has 8 heteroatoms. The highest BCUT2D eigenvalue weighted by atomic mass is 79.9. The highest BCUT2D eigenvalue weighted by Gasteiger charge is 2.26. The molecule has 3 atom stereocenters. The van der Waals surface area contributed by atoms with Gasteiger partial charge in [-0.3, -0.25) is 9.69 Å². The minimum absolute atomic E-state index is 0. The first-order valence-electron chi connectivity index (χ1n) is 14.3. The summed E-state index contributed by atoms with van der Waals surface area (Å²) in [5.41, 5.74) is 1.22. The van der Waals surface area contributed by atoms with Gasteiger partial charge in [-0.2, -0.15) is 4.57 Å². The lowest BCUT2D eigenvalue weighted by atomic mass is 10.0. The molecule has 0 aromatic carbocycles. The van der Waals surface area contributed by atoms with Gasteiger partial charge in [-0.25, -0.2) is 4.79 Å². The maximum absolute atomic E-state index is 12.8. The Balaban J connectivity index is 0.00000722. The molecule has 38 heavy (non-hydrogen) atoms. The van der Waals surface area contributed by atoms with Gasteiger partial charge in [0.15, 0.2) is 12.4 Å². The summed E-state index contributed by atoms with van der Waals surface area (Å²) in [6.45, 7) is 3.38. The van der Waals surface area contributed by atoms with E-state index in [-0.39, 0.29) is 35.9 Å². The summed E-state index contributed by atoms with van der Waals surface area (Å²) in [6, 6.07) is 4.51. The van der Waals surface area contributed by atoms with Crippen LogP contribution in [0.25, 0.3) is 0 Å². The lowest BCUT2D eigenvalue weighted by Gasteiger charge is -2.22. The predicted octanol–water partition coefficient (Wildman–Crippen LogP) is 2.36. The summed E-state index contributed by atoms with van der Waals surface area (Å²) in [6.07, 6.45) is 19.4. The van der Waals surface area contributed by atoms with Crippen LogP contribution in [-0.4, -0.2) is 52.9 Å². The van der Waals surface area contributed by atoms with Crippen LogP contribution in [0, 0.1) is 0 Å². The number of carboxylic acids is 1. The van der Waals surface area contributed by atoms with Crippen molar-refractivity contribution in [3.8, 4) is 0 Å². The highest BCUT2D eigenvalue weighted by molar-refractivity contribution is 5.68. The summed E-state index contributed by atoms with van der Waals surface area (Å²) >= 11 is 0. The third kappa shape index (κ3) is 13.9. The number of ether oxygens (including phenoxy) is 1. The number of likely N-dealkylation sites (tertiary alicyclic amines) is 1. The van der Waals surface area contributed by atoms with E-state index in [1.165, 1.54) is 12.0 Å². The maximum Gasteiger partial charge on any atom is 0.373 e. The minimum atomic E-state index is -0.722. The number of carbonyl (C=O) groups is 2. The third-order valence-electron chi connectivity index (χ3n) is 7.21. The first-order valence-corrected chi connectivity index (χ1v) is 14.3. The summed E-state index contributed by atoms with van der Waals surface area (Å²) in [5.74, 6) is -1.03. The van der Waals surface area contributed by atoms with E-state index in [1.54, 1.807) is 0 Å². The lowest BCUT2D eigenvalue weighted by Crippen LogP contribution is -3.00. The van der Waals surface area contributed by atoms with Crippen molar-refractivity contribution in [3.05, 3.63) is 42.2 Å². The molecule has 1 aromatic rings. The van der Waals surface area contributed by atoms with Crippen molar-refractivity contribution in [2.24, 2.45) is 0 Å². The minimum Gasteiger partial charge on any atom is -1.00 e. The van der Waals surface area contributed by atoms with Crippen molar-refractivity contribution in [2.45, 2.75) is 122 Å². The van der Waals surface area contributed by atoms with Crippen LogP contribution < -0.4 is 21.5 Å². The van der Waals surface area contributed by atoms with Crippen LogP contribution in [0.1, 0.15) is 108 Å². The average molecular weight is 598 g/mol. The van der Waals surface area contributed by atoms with E-state index in [9.17, 15) is 14.7 Å². The number of aliphatic carboxylic acids is 1. The Kier molecular flexibility index (Phi) is 18.2. The van der Waals surface area contributed by atoms with E-state index >= 15 is 0 Å². The molecule has 0 spiro atoms. The number of carboxylic acid groups (broad SMARTS) is 1. The molecular formula is C30H49BrN2O5. The quantitative estimate of drug-likeness (QED) is 0.110. The number of aliphatic hydroxyl groups excluding tert-OH is 1. The van der Waals surface area contributed by atoms with Gasteiger partial charge in [0, 0.05) is 24.1 Å². The molecule has 0 radical (unpaired) electrons. The molecule has 2 N–H and O–H groups in total. The molecule has 0 amide bonds. The molecule has 1 fully saturated rings. The highest BCUT2D eigenvalue weighted by Crippen LogP contribution is 2.29. The van der Waals surface area contributed by atoms with Crippen LogP contribution in [-0.2, 0) is 20.9 Å². The molecule has 0 aliphatic carbocycles. The Morgan fingerprint density at radius 1 is 1.16 bits per heavy atom. The number of aliphatic hydroxyl groups is 1. The van der Waals surface area contributed by atoms with Crippen molar-refractivity contribution in [3.63, 3.8) is 0 Å². The van der Waals surface area contributed by atoms with Gasteiger partial charge in [0.1, 0.15) is 6.10 Å². The van der Waals surface area contributed by atoms with Crippen LogP contribution in [0.15, 0.2) is 36.7 Å². The second kappa shape index (κ2) is 20.2. The summed E-state index contributed by atoms with van der Waals surface area (Å²) in [7, 11) is 2.14. The normalized spacial score (nSPS) is 17.3. The number of hydrogen-bond acceptors (Lipinski definition) is 5. The standard InChI is InChI=1S/C30H48N2O5.BrH/c1-3-4-11-19-28(27(33)18-12-9-7-5-6-8-10-13-20-29(34)35)37-30(36)24-32-22-14-16-25(23-32)26-17-15-21-31(26)2;/h9,12,14,16,22-23,26-28,33H,3-8,10-11,13,15,17-21,24H2,1-2H3;1H/b12-9+;. The maximum atomic E-state index is 12.8. The first-order chi connectivity index (χ1) is 17.9.